The van der Waals surface area contributed by atoms with Crippen molar-refractivity contribution >= 4 is 5.97 Å². The molecule has 1 saturated heterocycles. The fourth-order valence-electron chi connectivity index (χ4n) is 4.11. The van der Waals surface area contributed by atoms with Gasteiger partial charge in [-0.2, -0.15) is 0 Å². The molecule has 0 aromatic heterocycles. The Morgan fingerprint density at radius 3 is 2.75 bits per heavy atom. The molecule has 5 heteroatoms. The summed E-state index contributed by atoms with van der Waals surface area (Å²) in [5.41, 5.74) is 1.13. The minimum Gasteiger partial charge on any atom is -0.497 e. The lowest BCUT2D eigenvalue weighted by Gasteiger charge is -2.30. The van der Waals surface area contributed by atoms with E-state index in [4.69, 9.17) is 14.2 Å². The van der Waals surface area contributed by atoms with Crippen molar-refractivity contribution < 1.29 is 19.0 Å². The van der Waals surface area contributed by atoms with Crippen molar-refractivity contribution in [2.75, 3.05) is 27.4 Å². The van der Waals surface area contributed by atoms with Gasteiger partial charge in [-0.15, -0.1) is 0 Å². The van der Waals surface area contributed by atoms with Crippen LogP contribution in [-0.2, 0) is 16.1 Å². The van der Waals surface area contributed by atoms with Crippen LogP contribution < -0.4 is 9.47 Å². The van der Waals surface area contributed by atoms with Gasteiger partial charge >= 0.3 is 5.97 Å². The quantitative estimate of drug-likeness (QED) is 0.749. The highest BCUT2D eigenvalue weighted by Crippen LogP contribution is 2.53. The number of methoxy groups -OCH3 is 2. The van der Waals surface area contributed by atoms with Crippen LogP contribution in [0.15, 0.2) is 18.2 Å². The highest BCUT2D eigenvalue weighted by molar-refractivity contribution is 5.77. The lowest BCUT2D eigenvalue weighted by molar-refractivity contribution is -0.145. The van der Waals surface area contributed by atoms with Crippen molar-refractivity contribution in [1.29, 1.82) is 0 Å². The average Bonchev–Trinajstić information content (AvgIpc) is 3.34. The summed E-state index contributed by atoms with van der Waals surface area (Å²) in [7, 11) is 3.33. The molecule has 1 saturated carbocycles. The van der Waals surface area contributed by atoms with Crippen LogP contribution in [0.4, 0.5) is 0 Å². The van der Waals surface area contributed by atoms with Crippen molar-refractivity contribution in [2.45, 2.75) is 32.9 Å². The average molecular weight is 333 g/mol. The summed E-state index contributed by atoms with van der Waals surface area (Å²) in [6.45, 7) is 6.37. The van der Waals surface area contributed by atoms with Gasteiger partial charge in [-0.3, -0.25) is 9.69 Å². The third-order valence-electron chi connectivity index (χ3n) is 5.41. The van der Waals surface area contributed by atoms with Gasteiger partial charge < -0.3 is 14.2 Å². The topological polar surface area (TPSA) is 48.0 Å². The molecule has 24 heavy (non-hydrogen) atoms. The molecule has 5 nitrogen and oxygen atoms in total. The second kappa shape index (κ2) is 7.01. The maximum atomic E-state index is 12.2. The van der Waals surface area contributed by atoms with E-state index in [0.29, 0.717) is 24.5 Å². The largest absolute Gasteiger partial charge is 0.497 e. The maximum absolute atomic E-state index is 12.2. The van der Waals surface area contributed by atoms with E-state index in [9.17, 15) is 4.79 Å². The molecule has 0 unspecified atom stereocenters. The van der Waals surface area contributed by atoms with Crippen molar-refractivity contribution in [3.05, 3.63) is 23.8 Å². The molecule has 1 aromatic carbocycles. The summed E-state index contributed by atoms with van der Waals surface area (Å²) in [5, 5.41) is 0. The number of nitrogens with zero attached hydrogens (tertiary/aromatic N) is 1. The van der Waals surface area contributed by atoms with Crippen molar-refractivity contribution in [1.82, 2.24) is 4.90 Å². The van der Waals surface area contributed by atoms with Crippen molar-refractivity contribution in [3.8, 4) is 11.5 Å². The number of esters is 1. The zero-order valence-corrected chi connectivity index (χ0v) is 15.0. The number of likely N-dealkylation sites (tertiary alicyclic amines) is 1. The van der Waals surface area contributed by atoms with Crippen LogP contribution in [-0.4, -0.2) is 44.3 Å². The third-order valence-corrected chi connectivity index (χ3v) is 5.41. The third kappa shape index (κ3) is 3.09. The molecule has 0 bridgehead atoms. The second-order valence-electron chi connectivity index (χ2n) is 6.76. The summed E-state index contributed by atoms with van der Waals surface area (Å²) < 4.78 is 16.1. The molecule has 0 amide bonds. The van der Waals surface area contributed by atoms with Crippen LogP contribution in [0, 0.1) is 17.8 Å². The highest BCUT2D eigenvalue weighted by Gasteiger charge is 2.62. The highest BCUT2D eigenvalue weighted by atomic mass is 16.5. The fourth-order valence-corrected chi connectivity index (χ4v) is 4.11. The Hall–Kier alpha value is -1.75. The summed E-state index contributed by atoms with van der Waals surface area (Å²) in [6, 6.07) is 6.22. The molecular weight excluding hydrogens is 306 g/mol. The zero-order chi connectivity index (χ0) is 17.3. The van der Waals surface area contributed by atoms with Gasteiger partial charge in [0, 0.05) is 24.2 Å². The molecule has 1 aliphatic carbocycles. The summed E-state index contributed by atoms with van der Waals surface area (Å²) >= 11 is 0. The van der Waals surface area contributed by atoms with E-state index < -0.39 is 0 Å². The number of ether oxygens (including phenoxy) is 3. The van der Waals surface area contributed by atoms with Crippen LogP contribution in [0.2, 0.25) is 0 Å². The van der Waals surface area contributed by atoms with Gasteiger partial charge in [0.05, 0.1) is 26.7 Å². The number of carbonyl (C=O) groups is 1. The molecule has 0 spiro atoms. The van der Waals surface area contributed by atoms with Crippen LogP contribution in [0.1, 0.15) is 25.8 Å². The molecule has 2 aliphatic rings. The van der Waals surface area contributed by atoms with Crippen LogP contribution >= 0.6 is 0 Å². The number of carbonyl (C=O) groups excluding carboxylic acids is 1. The lowest BCUT2D eigenvalue weighted by Crippen LogP contribution is -2.34. The number of piperidine rings is 1. The second-order valence-corrected chi connectivity index (χ2v) is 6.76. The predicted octanol–water partition coefficient (Wildman–Crippen LogP) is 2.72. The Labute approximate surface area is 143 Å². The first-order valence-corrected chi connectivity index (χ1v) is 8.72. The number of benzene rings is 1. The van der Waals surface area contributed by atoms with Crippen LogP contribution in [0.3, 0.4) is 0 Å². The van der Waals surface area contributed by atoms with E-state index in [1.807, 2.05) is 25.1 Å². The molecular formula is C19H27NO4. The molecule has 1 aliphatic heterocycles. The number of rotatable bonds is 6. The van der Waals surface area contributed by atoms with Gasteiger partial charge in [0.1, 0.15) is 11.5 Å². The van der Waals surface area contributed by atoms with E-state index in [1.165, 1.54) is 0 Å². The number of hydrogen-bond acceptors (Lipinski definition) is 5. The van der Waals surface area contributed by atoms with Gasteiger partial charge in [0.15, 0.2) is 0 Å². The summed E-state index contributed by atoms with van der Waals surface area (Å²) in [6.07, 6.45) is 1.12. The minimum absolute atomic E-state index is 0.0340. The van der Waals surface area contributed by atoms with Gasteiger partial charge in [-0.1, -0.05) is 13.0 Å². The predicted molar refractivity (Wildman–Crippen MR) is 91.1 cm³/mol. The smallest absolute Gasteiger partial charge is 0.310 e. The minimum atomic E-state index is -0.0343. The Morgan fingerprint density at radius 1 is 1.29 bits per heavy atom. The molecule has 1 aromatic rings. The number of hydrogen-bond donors (Lipinski definition) is 0. The van der Waals surface area contributed by atoms with Crippen molar-refractivity contribution in [3.63, 3.8) is 0 Å². The maximum Gasteiger partial charge on any atom is 0.310 e. The zero-order valence-electron chi connectivity index (χ0n) is 15.0. The molecule has 132 valence electrons. The summed E-state index contributed by atoms with van der Waals surface area (Å²) in [4.78, 5) is 14.6. The van der Waals surface area contributed by atoms with Gasteiger partial charge in [0.2, 0.25) is 0 Å². The molecule has 1 heterocycles. The normalized spacial score (nSPS) is 28.8. The summed E-state index contributed by atoms with van der Waals surface area (Å²) in [5.74, 6) is 2.63. The standard InChI is InChI=1S/C19H27NO4/c1-5-24-19(21)17-16-12(2)8-9-20(18(16)17)11-13-6-7-14(22-3)10-15(13)23-4/h6-7,10,12,16-18H,5,8-9,11H2,1-4H3/t12-,16-,17-,18-/m0/s1. The van der Waals surface area contributed by atoms with E-state index in [-0.39, 0.29) is 11.9 Å². The van der Waals surface area contributed by atoms with Gasteiger partial charge in [-0.05, 0) is 37.8 Å². The molecule has 0 radical (unpaired) electrons. The van der Waals surface area contributed by atoms with Crippen LogP contribution in [0.5, 0.6) is 11.5 Å². The Kier molecular flexibility index (Phi) is 4.99. The lowest BCUT2D eigenvalue weighted by atomic mass is 9.97. The monoisotopic (exact) mass is 333 g/mol. The first-order chi connectivity index (χ1) is 11.6. The van der Waals surface area contributed by atoms with E-state index in [1.54, 1.807) is 14.2 Å². The Bertz CT molecular complexity index is 603. The molecule has 0 N–H and O–H groups in total. The number of fused-ring (bicyclic) bond motifs is 1. The first-order valence-electron chi connectivity index (χ1n) is 8.72. The molecule has 3 rings (SSSR count). The SMILES string of the molecule is CCOC(=O)[C@H]1[C@H]2[C@@H]1N(Cc1ccc(OC)cc1OC)CC[C@@H]2C. The van der Waals surface area contributed by atoms with E-state index in [2.05, 4.69) is 11.8 Å². The van der Waals surface area contributed by atoms with Crippen LogP contribution in [0.25, 0.3) is 0 Å². The van der Waals surface area contributed by atoms with Gasteiger partial charge in [0.25, 0.3) is 0 Å². The van der Waals surface area contributed by atoms with E-state index >= 15 is 0 Å². The van der Waals surface area contributed by atoms with E-state index in [0.717, 1.165) is 36.6 Å². The fraction of sp³-hybridized carbons (Fsp3) is 0.632. The molecule has 2 fully saturated rings. The Balaban J connectivity index is 1.75. The first kappa shape index (κ1) is 17.1. The Morgan fingerprint density at radius 2 is 2.08 bits per heavy atom. The van der Waals surface area contributed by atoms with Crippen molar-refractivity contribution in [2.24, 2.45) is 17.8 Å². The van der Waals surface area contributed by atoms with Gasteiger partial charge in [-0.25, -0.2) is 0 Å². The molecule has 4 atom stereocenters.